The average molecular weight is 254 g/mol. The number of aliphatic carboxylic acids is 1. The van der Waals surface area contributed by atoms with Crippen molar-refractivity contribution in [1.29, 1.82) is 0 Å². The molecule has 0 aliphatic carbocycles. The lowest BCUT2D eigenvalue weighted by atomic mass is 10.2. The maximum absolute atomic E-state index is 13.5. The highest BCUT2D eigenvalue weighted by molar-refractivity contribution is 5.91. The van der Waals surface area contributed by atoms with Gasteiger partial charge in [0.15, 0.2) is 0 Å². The van der Waals surface area contributed by atoms with Crippen molar-refractivity contribution in [3.63, 3.8) is 0 Å². The van der Waals surface area contributed by atoms with Crippen LogP contribution in [0.1, 0.15) is 12.5 Å². The molecule has 2 amide bonds. The predicted octanol–water partition coefficient (Wildman–Crippen LogP) is 2.07. The first-order chi connectivity index (χ1) is 8.43. The first-order valence-corrected chi connectivity index (χ1v) is 5.48. The molecule has 0 spiro atoms. The number of anilines is 1. The van der Waals surface area contributed by atoms with Gasteiger partial charge in [0.1, 0.15) is 12.4 Å². The van der Waals surface area contributed by atoms with Gasteiger partial charge in [-0.3, -0.25) is 4.79 Å². The monoisotopic (exact) mass is 254 g/mol. The molecule has 0 aliphatic heterocycles. The van der Waals surface area contributed by atoms with Crippen LogP contribution in [-0.2, 0) is 4.79 Å². The maximum Gasteiger partial charge on any atom is 0.323 e. The Morgan fingerprint density at radius 1 is 1.44 bits per heavy atom. The second-order valence-electron chi connectivity index (χ2n) is 3.82. The number of rotatable bonds is 4. The number of hydrogen-bond acceptors (Lipinski definition) is 2. The van der Waals surface area contributed by atoms with Gasteiger partial charge in [0.25, 0.3) is 0 Å². The maximum atomic E-state index is 13.5. The third kappa shape index (κ3) is 3.73. The minimum absolute atomic E-state index is 0.0365. The fourth-order valence-electron chi connectivity index (χ4n) is 1.41. The summed E-state index contributed by atoms with van der Waals surface area (Å²) in [6.07, 6.45) is 0. The zero-order chi connectivity index (χ0) is 13.7. The highest BCUT2D eigenvalue weighted by Gasteiger charge is 2.16. The Bertz CT molecular complexity index is 463. The molecule has 18 heavy (non-hydrogen) atoms. The smallest absolute Gasteiger partial charge is 0.323 e. The SMILES string of the molecule is CCN(CC(=O)O)C(=O)Nc1ccc(C)cc1F. The molecule has 0 heterocycles. The summed E-state index contributed by atoms with van der Waals surface area (Å²) < 4.78 is 13.5. The molecule has 2 N–H and O–H groups in total. The van der Waals surface area contributed by atoms with Crippen molar-refractivity contribution in [2.45, 2.75) is 13.8 Å². The Morgan fingerprint density at radius 3 is 2.61 bits per heavy atom. The van der Waals surface area contributed by atoms with E-state index >= 15 is 0 Å². The molecule has 0 saturated carbocycles. The van der Waals surface area contributed by atoms with E-state index in [-0.39, 0.29) is 12.2 Å². The minimum Gasteiger partial charge on any atom is -0.480 e. The molecule has 0 unspecified atom stereocenters. The van der Waals surface area contributed by atoms with Crippen LogP contribution in [-0.4, -0.2) is 35.1 Å². The quantitative estimate of drug-likeness (QED) is 0.864. The van der Waals surface area contributed by atoms with Gasteiger partial charge in [0.2, 0.25) is 0 Å². The Kier molecular flexibility index (Phi) is 4.65. The van der Waals surface area contributed by atoms with E-state index in [2.05, 4.69) is 5.32 Å². The van der Waals surface area contributed by atoms with Crippen LogP contribution in [0.4, 0.5) is 14.9 Å². The summed E-state index contributed by atoms with van der Waals surface area (Å²) in [6.45, 7) is 3.19. The van der Waals surface area contributed by atoms with Gasteiger partial charge < -0.3 is 15.3 Å². The number of aryl methyl sites for hydroxylation is 1. The topological polar surface area (TPSA) is 69.6 Å². The number of halogens is 1. The summed E-state index contributed by atoms with van der Waals surface area (Å²) in [5.74, 6) is -1.66. The molecule has 0 saturated heterocycles. The van der Waals surface area contributed by atoms with Crippen molar-refractivity contribution in [1.82, 2.24) is 4.90 Å². The average Bonchev–Trinajstić information content (AvgIpc) is 2.29. The van der Waals surface area contributed by atoms with Gasteiger partial charge in [-0.25, -0.2) is 9.18 Å². The van der Waals surface area contributed by atoms with Crippen LogP contribution in [0.15, 0.2) is 18.2 Å². The Balaban J connectivity index is 2.76. The molecule has 0 bridgehead atoms. The number of urea groups is 1. The van der Waals surface area contributed by atoms with Gasteiger partial charge in [-0.05, 0) is 31.5 Å². The zero-order valence-corrected chi connectivity index (χ0v) is 10.2. The first kappa shape index (κ1) is 14.0. The van der Waals surface area contributed by atoms with Gasteiger partial charge in [-0.2, -0.15) is 0 Å². The number of nitrogens with zero attached hydrogens (tertiary/aromatic N) is 1. The number of likely N-dealkylation sites (N-methyl/N-ethyl adjacent to an activating group) is 1. The number of benzene rings is 1. The lowest BCUT2D eigenvalue weighted by Gasteiger charge is -2.19. The van der Waals surface area contributed by atoms with Crippen molar-refractivity contribution in [2.75, 3.05) is 18.4 Å². The molecule has 98 valence electrons. The van der Waals surface area contributed by atoms with Crippen molar-refractivity contribution in [3.8, 4) is 0 Å². The molecule has 0 radical (unpaired) electrons. The summed E-state index contributed by atoms with van der Waals surface area (Å²) >= 11 is 0. The molecule has 1 aromatic rings. The molecule has 0 aromatic heterocycles. The number of nitrogens with one attached hydrogen (secondary N) is 1. The second kappa shape index (κ2) is 6.00. The lowest BCUT2D eigenvalue weighted by Crippen LogP contribution is -2.38. The molecule has 6 heteroatoms. The van der Waals surface area contributed by atoms with E-state index in [1.54, 1.807) is 19.9 Å². The summed E-state index contributed by atoms with van der Waals surface area (Å²) in [6, 6.07) is 3.76. The molecular formula is C12H15FN2O3. The molecule has 1 aromatic carbocycles. The summed E-state index contributed by atoms with van der Waals surface area (Å²) in [4.78, 5) is 23.3. The molecule has 0 aliphatic rings. The Hall–Kier alpha value is -2.11. The third-order valence-electron chi connectivity index (χ3n) is 2.36. The fraction of sp³-hybridized carbons (Fsp3) is 0.333. The number of carboxylic acid groups (broad SMARTS) is 1. The largest absolute Gasteiger partial charge is 0.480 e. The molecule has 5 nitrogen and oxygen atoms in total. The number of amides is 2. The Morgan fingerprint density at radius 2 is 2.11 bits per heavy atom. The third-order valence-corrected chi connectivity index (χ3v) is 2.36. The predicted molar refractivity (Wildman–Crippen MR) is 65.0 cm³/mol. The van der Waals surface area contributed by atoms with E-state index in [0.29, 0.717) is 0 Å². The standard InChI is InChI=1S/C12H15FN2O3/c1-3-15(7-11(16)17)12(18)14-10-5-4-8(2)6-9(10)13/h4-6H,3,7H2,1-2H3,(H,14,18)(H,16,17). The van der Waals surface area contributed by atoms with E-state index < -0.39 is 24.4 Å². The van der Waals surface area contributed by atoms with Crippen LogP contribution in [0.2, 0.25) is 0 Å². The zero-order valence-electron chi connectivity index (χ0n) is 10.2. The van der Waals surface area contributed by atoms with Crippen LogP contribution >= 0.6 is 0 Å². The number of carboxylic acids is 1. The molecule has 0 atom stereocenters. The minimum atomic E-state index is -1.11. The van der Waals surface area contributed by atoms with Crippen LogP contribution < -0.4 is 5.32 Å². The van der Waals surface area contributed by atoms with Gasteiger partial charge in [-0.15, -0.1) is 0 Å². The second-order valence-corrected chi connectivity index (χ2v) is 3.82. The highest BCUT2D eigenvalue weighted by atomic mass is 19.1. The van der Waals surface area contributed by atoms with E-state index in [0.717, 1.165) is 10.5 Å². The van der Waals surface area contributed by atoms with Crippen molar-refractivity contribution >= 4 is 17.7 Å². The van der Waals surface area contributed by atoms with Gasteiger partial charge >= 0.3 is 12.0 Å². The Labute approximate surface area is 104 Å². The molecule has 1 rings (SSSR count). The summed E-state index contributed by atoms with van der Waals surface area (Å²) in [5, 5.41) is 11.0. The van der Waals surface area contributed by atoms with Crippen molar-refractivity contribution < 1.29 is 19.1 Å². The molecule has 0 fully saturated rings. The van der Waals surface area contributed by atoms with E-state index in [9.17, 15) is 14.0 Å². The van der Waals surface area contributed by atoms with Crippen molar-refractivity contribution in [3.05, 3.63) is 29.6 Å². The summed E-state index contributed by atoms with van der Waals surface area (Å²) in [5.41, 5.74) is 0.776. The number of carbonyl (C=O) groups excluding carboxylic acids is 1. The number of carbonyl (C=O) groups is 2. The van der Waals surface area contributed by atoms with Crippen LogP contribution in [0.3, 0.4) is 0 Å². The fourth-order valence-corrected chi connectivity index (χ4v) is 1.41. The number of hydrogen-bond donors (Lipinski definition) is 2. The van der Waals surface area contributed by atoms with Gasteiger partial charge in [-0.1, -0.05) is 6.07 Å². The van der Waals surface area contributed by atoms with Gasteiger partial charge in [0, 0.05) is 6.54 Å². The molecular weight excluding hydrogens is 239 g/mol. The van der Waals surface area contributed by atoms with Crippen molar-refractivity contribution in [2.24, 2.45) is 0 Å². The van der Waals surface area contributed by atoms with Crippen LogP contribution in [0.25, 0.3) is 0 Å². The highest BCUT2D eigenvalue weighted by Crippen LogP contribution is 2.15. The van der Waals surface area contributed by atoms with Gasteiger partial charge in [0.05, 0.1) is 5.69 Å². The van der Waals surface area contributed by atoms with E-state index in [1.165, 1.54) is 12.1 Å². The first-order valence-electron chi connectivity index (χ1n) is 5.48. The van der Waals surface area contributed by atoms with Crippen LogP contribution in [0.5, 0.6) is 0 Å². The lowest BCUT2D eigenvalue weighted by molar-refractivity contribution is -0.137. The van der Waals surface area contributed by atoms with E-state index in [1.807, 2.05) is 0 Å². The normalized spacial score (nSPS) is 9.94. The van der Waals surface area contributed by atoms with Crippen LogP contribution in [0, 0.1) is 12.7 Å². The summed E-state index contributed by atoms with van der Waals surface area (Å²) in [7, 11) is 0. The van der Waals surface area contributed by atoms with E-state index in [4.69, 9.17) is 5.11 Å².